The van der Waals surface area contributed by atoms with E-state index in [0.717, 1.165) is 19.4 Å². The van der Waals surface area contributed by atoms with Crippen LogP contribution in [0.5, 0.6) is 0 Å². The normalized spacial score (nSPS) is 13.7. The minimum atomic E-state index is -2.07. The second-order valence-electron chi connectivity index (χ2n) is 3.42. The first-order valence-electron chi connectivity index (χ1n) is 4.81. The Hall–Kier alpha value is -2.19. The highest BCUT2D eigenvalue weighted by Crippen LogP contribution is 2.23. The van der Waals surface area contributed by atoms with Crippen LogP contribution in [0.25, 0.3) is 0 Å². The molecule has 8 nitrogen and oxygen atoms in total. The Labute approximate surface area is 102 Å². The van der Waals surface area contributed by atoms with Crippen LogP contribution in [-0.2, 0) is 9.53 Å². The number of aromatic nitrogens is 1. The number of pyridine rings is 1. The number of carboxylic acid groups (broad SMARTS) is 1. The zero-order chi connectivity index (χ0) is 13.9. The standard InChI is InChI=1S/C10H12N2O6/c1-18-10(17)4-2-5(8(11)12-3-4)6(13)7(14)9(15)16/h2-3,6-7,13-14H,1H3,(H2,11,12)(H,15,16). The number of esters is 1. The lowest BCUT2D eigenvalue weighted by Crippen LogP contribution is -2.28. The molecule has 0 aliphatic heterocycles. The summed E-state index contributed by atoms with van der Waals surface area (Å²) in [5.41, 5.74) is 5.27. The number of methoxy groups -OCH3 is 1. The molecule has 1 aromatic heterocycles. The maximum absolute atomic E-state index is 11.2. The van der Waals surface area contributed by atoms with Crippen molar-refractivity contribution in [1.29, 1.82) is 0 Å². The van der Waals surface area contributed by atoms with Crippen molar-refractivity contribution in [3.8, 4) is 0 Å². The first-order valence-corrected chi connectivity index (χ1v) is 4.81. The van der Waals surface area contributed by atoms with Gasteiger partial charge in [-0.15, -0.1) is 0 Å². The van der Waals surface area contributed by atoms with Gasteiger partial charge in [-0.1, -0.05) is 0 Å². The van der Waals surface area contributed by atoms with Gasteiger partial charge in [-0.3, -0.25) is 0 Å². The van der Waals surface area contributed by atoms with Gasteiger partial charge in [-0.25, -0.2) is 14.6 Å². The Morgan fingerprint density at radius 1 is 1.44 bits per heavy atom. The second-order valence-corrected chi connectivity index (χ2v) is 3.42. The van der Waals surface area contributed by atoms with E-state index in [1.54, 1.807) is 0 Å². The van der Waals surface area contributed by atoms with Gasteiger partial charge in [-0.2, -0.15) is 0 Å². The van der Waals surface area contributed by atoms with Crippen LogP contribution in [0.4, 0.5) is 5.82 Å². The number of carboxylic acids is 1. The Balaban J connectivity index is 3.15. The predicted molar refractivity (Wildman–Crippen MR) is 58.6 cm³/mol. The van der Waals surface area contributed by atoms with E-state index in [9.17, 15) is 19.8 Å². The number of hydrogen-bond donors (Lipinski definition) is 4. The molecule has 0 amide bonds. The molecule has 0 aliphatic carbocycles. The van der Waals surface area contributed by atoms with Crippen LogP contribution in [0.3, 0.4) is 0 Å². The van der Waals surface area contributed by atoms with Crippen LogP contribution < -0.4 is 5.73 Å². The van der Waals surface area contributed by atoms with Crippen molar-refractivity contribution >= 4 is 17.8 Å². The summed E-state index contributed by atoms with van der Waals surface area (Å²) < 4.78 is 4.44. The molecule has 0 fully saturated rings. The number of nitrogens with zero attached hydrogens (tertiary/aromatic N) is 1. The Morgan fingerprint density at radius 2 is 2.06 bits per heavy atom. The lowest BCUT2D eigenvalue weighted by Gasteiger charge is -2.16. The number of aliphatic carboxylic acids is 1. The average Bonchev–Trinajstić information content (AvgIpc) is 2.36. The zero-order valence-electron chi connectivity index (χ0n) is 9.40. The Kier molecular flexibility index (Phi) is 4.18. The van der Waals surface area contributed by atoms with Crippen molar-refractivity contribution in [2.45, 2.75) is 12.2 Å². The largest absolute Gasteiger partial charge is 0.479 e. The zero-order valence-corrected chi connectivity index (χ0v) is 9.40. The molecule has 18 heavy (non-hydrogen) atoms. The van der Waals surface area contributed by atoms with Crippen LogP contribution in [0.1, 0.15) is 22.0 Å². The van der Waals surface area contributed by atoms with Crippen molar-refractivity contribution in [3.63, 3.8) is 0 Å². The van der Waals surface area contributed by atoms with Crippen LogP contribution in [0.15, 0.2) is 12.3 Å². The van der Waals surface area contributed by atoms with Crippen LogP contribution in [0.2, 0.25) is 0 Å². The first kappa shape index (κ1) is 13.9. The molecule has 0 aliphatic rings. The van der Waals surface area contributed by atoms with Gasteiger partial charge in [0.05, 0.1) is 12.7 Å². The summed E-state index contributed by atoms with van der Waals surface area (Å²) in [5.74, 6) is -2.53. The van der Waals surface area contributed by atoms with Crippen molar-refractivity contribution < 1.29 is 29.6 Å². The van der Waals surface area contributed by atoms with Crippen molar-refractivity contribution in [2.24, 2.45) is 0 Å². The third kappa shape index (κ3) is 2.73. The third-order valence-corrected chi connectivity index (χ3v) is 2.24. The molecule has 98 valence electrons. The molecule has 0 bridgehead atoms. The first-order chi connectivity index (χ1) is 8.38. The van der Waals surface area contributed by atoms with Crippen LogP contribution >= 0.6 is 0 Å². The van der Waals surface area contributed by atoms with Crippen LogP contribution in [-0.4, -0.2) is 45.5 Å². The summed E-state index contributed by atoms with van der Waals surface area (Å²) in [7, 11) is 1.15. The number of nitrogen functional groups attached to an aromatic ring is 1. The topological polar surface area (TPSA) is 143 Å². The second kappa shape index (κ2) is 5.43. The summed E-state index contributed by atoms with van der Waals surface area (Å²) in [6, 6.07) is 1.12. The third-order valence-electron chi connectivity index (χ3n) is 2.24. The summed E-state index contributed by atoms with van der Waals surface area (Å²) >= 11 is 0. The molecule has 8 heteroatoms. The van der Waals surface area contributed by atoms with Gasteiger partial charge >= 0.3 is 11.9 Å². The lowest BCUT2D eigenvalue weighted by atomic mass is 10.0. The number of aliphatic hydroxyl groups excluding tert-OH is 2. The van der Waals surface area contributed by atoms with E-state index in [-0.39, 0.29) is 16.9 Å². The van der Waals surface area contributed by atoms with Gasteiger partial charge in [0.2, 0.25) is 0 Å². The van der Waals surface area contributed by atoms with E-state index in [2.05, 4.69) is 9.72 Å². The molecule has 1 aromatic rings. The fourth-order valence-electron chi connectivity index (χ4n) is 1.26. The highest BCUT2D eigenvalue weighted by molar-refractivity contribution is 5.89. The van der Waals surface area contributed by atoms with Gasteiger partial charge in [-0.05, 0) is 6.07 Å². The molecule has 2 atom stereocenters. The average molecular weight is 256 g/mol. The van der Waals surface area contributed by atoms with Gasteiger partial charge in [0.15, 0.2) is 6.10 Å². The van der Waals surface area contributed by atoms with Gasteiger partial charge in [0.1, 0.15) is 11.9 Å². The summed E-state index contributed by atoms with van der Waals surface area (Å²) in [6.07, 6.45) is -2.74. The molecule has 0 saturated heterocycles. The number of ether oxygens (including phenoxy) is 1. The van der Waals surface area contributed by atoms with E-state index in [4.69, 9.17) is 10.8 Å². The minimum absolute atomic E-state index is 0.0154. The molecule has 0 radical (unpaired) electrons. The van der Waals surface area contributed by atoms with E-state index >= 15 is 0 Å². The molecule has 1 rings (SSSR count). The molecule has 0 saturated carbocycles. The van der Waals surface area contributed by atoms with E-state index < -0.39 is 24.1 Å². The predicted octanol–water partition coefficient (Wildman–Crippen LogP) is -1.07. The summed E-state index contributed by atoms with van der Waals surface area (Å²) in [4.78, 5) is 25.4. The van der Waals surface area contributed by atoms with Gasteiger partial charge in [0, 0.05) is 11.8 Å². The molecular formula is C10H12N2O6. The summed E-state index contributed by atoms with van der Waals surface area (Å²) in [5, 5.41) is 27.4. The summed E-state index contributed by atoms with van der Waals surface area (Å²) in [6.45, 7) is 0. The smallest absolute Gasteiger partial charge is 0.339 e. The number of carbonyl (C=O) groups is 2. The fourth-order valence-corrected chi connectivity index (χ4v) is 1.26. The SMILES string of the molecule is COC(=O)c1cnc(N)c(C(O)C(O)C(=O)O)c1. The van der Waals surface area contributed by atoms with Gasteiger partial charge in [0.25, 0.3) is 0 Å². The quantitative estimate of drug-likeness (QED) is 0.498. The Bertz CT molecular complexity index is 475. The lowest BCUT2D eigenvalue weighted by molar-refractivity contribution is -0.153. The highest BCUT2D eigenvalue weighted by Gasteiger charge is 2.28. The van der Waals surface area contributed by atoms with Gasteiger partial charge < -0.3 is 25.8 Å². The molecule has 5 N–H and O–H groups in total. The number of nitrogens with two attached hydrogens (primary N) is 1. The number of hydrogen-bond acceptors (Lipinski definition) is 7. The van der Waals surface area contributed by atoms with Crippen molar-refractivity contribution in [3.05, 3.63) is 23.4 Å². The number of carbonyl (C=O) groups excluding carboxylic acids is 1. The maximum atomic E-state index is 11.2. The monoisotopic (exact) mass is 256 g/mol. The molecule has 2 unspecified atom stereocenters. The number of anilines is 1. The molecule has 1 heterocycles. The van der Waals surface area contributed by atoms with Crippen molar-refractivity contribution in [2.75, 3.05) is 12.8 Å². The fraction of sp³-hybridized carbons (Fsp3) is 0.300. The van der Waals surface area contributed by atoms with E-state index in [1.165, 1.54) is 0 Å². The molecule has 0 aromatic carbocycles. The van der Waals surface area contributed by atoms with E-state index in [1.807, 2.05) is 0 Å². The molecule has 0 spiro atoms. The van der Waals surface area contributed by atoms with E-state index in [0.29, 0.717) is 0 Å². The number of rotatable bonds is 4. The number of aliphatic hydroxyl groups is 2. The highest BCUT2D eigenvalue weighted by atomic mass is 16.5. The maximum Gasteiger partial charge on any atom is 0.339 e. The minimum Gasteiger partial charge on any atom is -0.479 e. The van der Waals surface area contributed by atoms with Crippen molar-refractivity contribution in [1.82, 2.24) is 4.98 Å². The Morgan fingerprint density at radius 3 is 2.56 bits per heavy atom. The molecular weight excluding hydrogens is 244 g/mol. The van der Waals surface area contributed by atoms with Crippen LogP contribution in [0, 0.1) is 0 Å².